The predicted molar refractivity (Wildman–Crippen MR) is 109 cm³/mol. The number of amides is 4. The first-order valence-corrected chi connectivity index (χ1v) is 9.37. The van der Waals surface area contributed by atoms with Crippen molar-refractivity contribution in [1.82, 2.24) is 20.4 Å². The van der Waals surface area contributed by atoms with Gasteiger partial charge in [-0.2, -0.15) is 0 Å². The SMILES string of the molecule is C=CCNC(=O)CN1CCN(CC(=O)NC(=O)Nc2ccc(C)cc2C)CC1. The number of carbonyl (C=O) groups excluding carboxylic acids is 3. The van der Waals surface area contributed by atoms with Gasteiger partial charge in [0.2, 0.25) is 11.8 Å². The maximum Gasteiger partial charge on any atom is 0.325 e. The number of hydrogen-bond acceptors (Lipinski definition) is 5. The molecule has 1 aromatic rings. The van der Waals surface area contributed by atoms with E-state index in [1.165, 1.54) is 0 Å². The minimum absolute atomic E-state index is 0.0332. The van der Waals surface area contributed by atoms with Crippen molar-refractivity contribution < 1.29 is 14.4 Å². The molecule has 1 heterocycles. The molecule has 1 aliphatic heterocycles. The first-order chi connectivity index (χ1) is 13.4. The number of nitrogens with zero attached hydrogens (tertiary/aromatic N) is 2. The van der Waals surface area contributed by atoms with E-state index in [1.54, 1.807) is 6.08 Å². The lowest BCUT2D eigenvalue weighted by Crippen LogP contribution is -2.52. The Morgan fingerprint density at radius 2 is 1.64 bits per heavy atom. The van der Waals surface area contributed by atoms with E-state index in [0.717, 1.165) is 11.1 Å². The van der Waals surface area contributed by atoms with Gasteiger partial charge in [-0.05, 0) is 25.5 Å². The fourth-order valence-corrected chi connectivity index (χ4v) is 3.03. The van der Waals surface area contributed by atoms with Crippen molar-refractivity contribution in [3.63, 3.8) is 0 Å². The molecule has 0 spiro atoms. The molecule has 1 fully saturated rings. The van der Waals surface area contributed by atoms with Crippen LogP contribution in [0.4, 0.5) is 10.5 Å². The van der Waals surface area contributed by atoms with E-state index < -0.39 is 6.03 Å². The summed E-state index contributed by atoms with van der Waals surface area (Å²) in [7, 11) is 0. The van der Waals surface area contributed by atoms with E-state index in [2.05, 4.69) is 22.5 Å². The summed E-state index contributed by atoms with van der Waals surface area (Å²) in [6.45, 7) is 11.1. The molecule has 1 saturated heterocycles. The van der Waals surface area contributed by atoms with Crippen LogP contribution >= 0.6 is 0 Å². The third-order valence-corrected chi connectivity index (χ3v) is 4.53. The number of aryl methyl sites for hydroxylation is 2. The fraction of sp³-hybridized carbons (Fsp3) is 0.450. The van der Waals surface area contributed by atoms with Gasteiger partial charge in [0.25, 0.3) is 0 Å². The highest BCUT2D eigenvalue weighted by atomic mass is 16.2. The Labute approximate surface area is 165 Å². The van der Waals surface area contributed by atoms with E-state index >= 15 is 0 Å². The number of benzene rings is 1. The Morgan fingerprint density at radius 1 is 1.04 bits per heavy atom. The number of rotatable bonds is 7. The smallest absolute Gasteiger partial charge is 0.325 e. The molecule has 0 aromatic heterocycles. The minimum atomic E-state index is -0.533. The largest absolute Gasteiger partial charge is 0.352 e. The van der Waals surface area contributed by atoms with Crippen LogP contribution in [0.2, 0.25) is 0 Å². The Morgan fingerprint density at radius 3 is 2.21 bits per heavy atom. The molecular formula is C20H29N5O3. The molecule has 152 valence electrons. The lowest BCUT2D eigenvalue weighted by Gasteiger charge is -2.33. The molecular weight excluding hydrogens is 358 g/mol. The number of imide groups is 1. The number of piperazine rings is 1. The van der Waals surface area contributed by atoms with Gasteiger partial charge >= 0.3 is 6.03 Å². The molecule has 0 radical (unpaired) electrons. The van der Waals surface area contributed by atoms with Gasteiger partial charge in [-0.1, -0.05) is 23.8 Å². The van der Waals surface area contributed by atoms with Crippen LogP contribution in [0.1, 0.15) is 11.1 Å². The third kappa shape index (κ3) is 7.13. The lowest BCUT2D eigenvalue weighted by molar-refractivity contribution is -0.124. The van der Waals surface area contributed by atoms with Crippen LogP contribution in [-0.2, 0) is 9.59 Å². The monoisotopic (exact) mass is 387 g/mol. The molecule has 3 N–H and O–H groups in total. The van der Waals surface area contributed by atoms with Gasteiger partial charge in [0.05, 0.1) is 13.1 Å². The molecule has 0 unspecified atom stereocenters. The molecule has 4 amide bonds. The second kappa shape index (κ2) is 10.6. The summed E-state index contributed by atoms with van der Waals surface area (Å²) in [5.41, 5.74) is 2.73. The highest BCUT2D eigenvalue weighted by molar-refractivity contribution is 6.02. The zero-order valence-electron chi connectivity index (χ0n) is 16.6. The highest BCUT2D eigenvalue weighted by Crippen LogP contribution is 2.15. The quantitative estimate of drug-likeness (QED) is 0.604. The van der Waals surface area contributed by atoms with E-state index in [0.29, 0.717) is 45.0 Å². The van der Waals surface area contributed by atoms with Gasteiger partial charge in [0.1, 0.15) is 0 Å². The molecule has 28 heavy (non-hydrogen) atoms. The van der Waals surface area contributed by atoms with Crippen molar-refractivity contribution in [3.8, 4) is 0 Å². The van der Waals surface area contributed by atoms with E-state index in [9.17, 15) is 14.4 Å². The summed E-state index contributed by atoms with van der Waals surface area (Å²) in [6.07, 6.45) is 1.64. The molecule has 2 rings (SSSR count). The van der Waals surface area contributed by atoms with Crippen LogP contribution in [0, 0.1) is 13.8 Å². The Bertz CT molecular complexity index is 727. The van der Waals surface area contributed by atoms with Gasteiger partial charge in [0.15, 0.2) is 0 Å². The molecule has 8 heteroatoms. The normalized spacial score (nSPS) is 14.9. The molecule has 1 aromatic carbocycles. The fourth-order valence-electron chi connectivity index (χ4n) is 3.03. The summed E-state index contributed by atoms with van der Waals surface area (Å²) in [5, 5.41) is 7.82. The second-order valence-electron chi connectivity index (χ2n) is 6.97. The van der Waals surface area contributed by atoms with Gasteiger partial charge in [-0.15, -0.1) is 6.58 Å². The first-order valence-electron chi connectivity index (χ1n) is 9.37. The van der Waals surface area contributed by atoms with Crippen molar-refractivity contribution in [3.05, 3.63) is 42.0 Å². The van der Waals surface area contributed by atoms with Crippen molar-refractivity contribution in [2.75, 3.05) is 51.1 Å². The zero-order chi connectivity index (χ0) is 20.5. The van der Waals surface area contributed by atoms with E-state index in [1.807, 2.05) is 41.8 Å². The van der Waals surface area contributed by atoms with Crippen LogP contribution in [0.3, 0.4) is 0 Å². The van der Waals surface area contributed by atoms with Crippen molar-refractivity contribution in [1.29, 1.82) is 0 Å². The topological polar surface area (TPSA) is 93.8 Å². The van der Waals surface area contributed by atoms with Crippen LogP contribution in [0.15, 0.2) is 30.9 Å². The van der Waals surface area contributed by atoms with Crippen LogP contribution in [0.25, 0.3) is 0 Å². The number of nitrogens with one attached hydrogen (secondary N) is 3. The maximum atomic E-state index is 12.1. The van der Waals surface area contributed by atoms with E-state index in [-0.39, 0.29) is 18.4 Å². The van der Waals surface area contributed by atoms with Gasteiger partial charge in [-0.3, -0.25) is 24.7 Å². The molecule has 0 atom stereocenters. The predicted octanol–water partition coefficient (Wildman–Crippen LogP) is 0.871. The number of anilines is 1. The van der Waals surface area contributed by atoms with Crippen molar-refractivity contribution >= 4 is 23.5 Å². The van der Waals surface area contributed by atoms with Crippen molar-refractivity contribution in [2.24, 2.45) is 0 Å². The molecule has 1 aliphatic rings. The van der Waals surface area contributed by atoms with Gasteiger partial charge in [-0.25, -0.2) is 4.79 Å². The average Bonchev–Trinajstić information content (AvgIpc) is 2.64. The van der Waals surface area contributed by atoms with E-state index in [4.69, 9.17) is 0 Å². The Balaban J connectivity index is 1.70. The zero-order valence-corrected chi connectivity index (χ0v) is 16.6. The number of carbonyl (C=O) groups is 3. The Hall–Kier alpha value is -2.71. The standard InChI is InChI=1S/C20H29N5O3/c1-4-7-21-18(26)13-24-8-10-25(11-9-24)14-19(27)23-20(28)22-17-6-5-15(2)12-16(17)3/h4-6,12H,1,7-11,13-14H2,2-3H3,(H,21,26)(H2,22,23,27,28). The average molecular weight is 387 g/mol. The van der Waals surface area contributed by atoms with Crippen molar-refractivity contribution in [2.45, 2.75) is 13.8 Å². The third-order valence-electron chi connectivity index (χ3n) is 4.53. The Kier molecular flexibility index (Phi) is 8.16. The summed E-state index contributed by atoms with van der Waals surface area (Å²) in [6, 6.07) is 5.16. The summed E-state index contributed by atoms with van der Waals surface area (Å²) >= 11 is 0. The minimum Gasteiger partial charge on any atom is -0.352 e. The first kappa shape index (κ1) is 21.6. The summed E-state index contributed by atoms with van der Waals surface area (Å²) in [4.78, 5) is 39.9. The highest BCUT2D eigenvalue weighted by Gasteiger charge is 2.21. The second-order valence-corrected chi connectivity index (χ2v) is 6.97. The summed E-state index contributed by atoms with van der Waals surface area (Å²) in [5.74, 6) is -0.381. The van der Waals surface area contributed by atoms with Crippen LogP contribution in [-0.4, -0.2) is 73.5 Å². The van der Waals surface area contributed by atoms with Crippen LogP contribution < -0.4 is 16.0 Å². The summed E-state index contributed by atoms with van der Waals surface area (Å²) < 4.78 is 0. The number of hydrogen-bond donors (Lipinski definition) is 3. The molecule has 0 bridgehead atoms. The van der Waals surface area contributed by atoms with Gasteiger partial charge in [0, 0.05) is 38.4 Å². The van der Waals surface area contributed by atoms with Gasteiger partial charge < -0.3 is 10.6 Å². The maximum absolute atomic E-state index is 12.1. The molecule has 0 saturated carbocycles. The molecule has 0 aliphatic carbocycles. The van der Waals surface area contributed by atoms with Crippen LogP contribution in [0.5, 0.6) is 0 Å². The molecule has 8 nitrogen and oxygen atoms in total. The lowest BCUT2D eigenvalue weighted by atomic mass is 10.1. The number of urea groups is 1.